The second kappa shape index (κ2) is 5.04. The molecule has 2 amide bonds. The zero-order valence-electron chi connectivity index (χ0n) is 10.6. The second-order valence-corrected chi connectivity index (χ2v) is 5.28. The molecule has 1 N–H and O–H groups in total. The van der Waals surface area contributed by atoms with E-state index in [1.54, 1.807) is 4.90 Å². The molecule has 0 aromatic heterocycles. The smallest absolute Gasteiger partial charge is 0.318 e. The van der Waals surface area contributed by atoms with Crippen LogP contribution in [-0.4, -0.2) is 60.9 Å². The van der Waals surface area contributed by atoms with Gasteiger partial charge in [0.2, 0.25) is 0 Å². The highest BCUT2D eigenvalue weighted by molar-refractivity contribution is 5.85. The summed E-state index contributed by atoms with van der Waals surface area (Å²) in [5, 5.41) is 3.01. The Morgan fingerprint density at radius 1 is 1.41 bits per heavy atom. The lowest BCUT2D eigenvalue weighted by atomic mass is 9.90. The van der Waals surface area contributed by atoms with Crippen LogP contribution in [0.3, 0.4) is 0 Å². The van der Waals surface area contributed by atoms with Crippen LogP contribution in [0.4, 0.5) is 4.79 Å². The van der Waals surface area contributed by atoms with Crippen molar-refractivity contribution in [3.8, 4) is 0 Å². The van der Waals surface area contributed by atoms with Gasteiger partial charge in [0.25, 0.3) is 0 Å². The van der Waals surface area contributed by atoms with E-state index in [1.165, 1.54) is 6.92 Å². The summed E-state index contributed by atoms with van der Waals surface area (Å²) in [6.07, 6.45) is 2.27. The maximum absolute atomic E-state index is 11.7. The molecule has 0 radical (unpaired) electrons. The maximum Gasteiger partial charge on any atom is 0.318 e. The summed E-state index contributed by atoms with van der Waals surface area (Å²) >= 11 is 0. The number of nitrogens with zero attached hydrogens (tertiary/aromatic N) is 2. The molecule has 0 aliphatic carbocycles. The average Bonchev–Trinajstić information content (AvgIpc) is 2.60. The zero-order chi connectivity index (χ0) is 12.4. The first-order valence-corrected chi connectivity index (χ1v) is 6.29. The number of urea groups is 1. The first kappa shape index (κ1) is 12.4. The van der Waals surface area contributed by atoms with Crippen molar-refractivity contribution >= 4 is 11.8 Å². The molecule has 5 heteroatoms. The Bertz CT molecular complexity index is 311. The molecule has 0 saturated carbocycles. The van der Waals surface area contributed by atoms with Gasteiger partial charge in [0.15, 0.2) is 0 Å². The molecule has 2 aliphatic heterocycles. The van der Waals surface area contributed by atoms with Gasteiger partial charge in [-0.3, -0.25) is 4.79 Å². The first-order chi connectivity index (χ1) is 8.06. The van der Waals surface area contributed by atoms with Gasteiger partial charge in [0, 0.05) is 6.54 Å². The normalized spacial score (nSPS) is 27.3. The van der Waals surface area contributed by atoms with E-state index in [-0.39, 0.29) is 24.4 Å². The number of hydrogen-bond donors (Lipinski definition) is 1. The van der Waals surface area contributed by atoms with E-state index in [9.17, 15) is 9.59 Å². The Kier molecular flexibility index (Phi) is 3.66. The molecule has 1 unspecified atom stereocenters. The van der Waals surface area contributed by atoms with E-state index < -0.39 is 0 Å². The average molecular weight is 239 g/mol. The van der Waals surface area contributed by atoms with Gasteiger partial charge in [0.1, 0.15) is 5.78 Å². The fraction of sp³-hybridized carbons (Fsp3) is 0.833. The van der Waals surface area contributed by atoms with Gasteiger partial charge in [-0.1, -0.05) is 0 Å². The van der Waals surface area contributed by atoms with Gasteiger partial charge in [-0.05, 0) is 45.8 Å². The van der Waals surface area contributed by atoms with E-state index in [4.69, 9.17) is 0 Å². The quantitative estimate of drug-likeness (QED) is 0.771. The summed E-state index contributed by atoms with van der Waals surface area (Å²) in [7, 11) is 2.13. The molecule has 96 valence electrons. The highest BCUT2D eigenvalue weighted by Gasteiger charge is 2.35. The van der Waals surface area contributed by atoms with Crippen molar-refractivity contribution in [3.63, 3.8) is 0 Å². The summed E-state index contributed by atoms with van der Waals surface area (Å²) in [6, 6.07) is 0.152. The van der Waals surface area contributed by atoms with Crippen molar-refractivity contribution in [2.75, 3.05) is 33.2 Å². The molecule has 0 aromatic carbocycles. The standard InChI is InChI=1S/C12H21N3O2/c1-9(16)7-15-8-11(13-12(15)17)10-3-5-14(2)6-4-10/h10-11H,3-8H2,1-2H3,(H,13,17). The number of carbonyl (C=O) groups excluding carboxylic acids is 2. The van der Waals surface area contributed by atoms with E-state index in [2.05, 4.69) is 17.3 Å². The number of amides is 2. The monoisotopic (exact) mass is 239 g/mol. The van der Waals surface area contributed by atoms with Crippen LogP contribution >= 0.6 is 0 Å². The number of Topliss-reactive ketones (excluding diaryl/α,β-unsaturated/α-hetero) is 1. The predicted octanol–water partition coefficient (Wildman–Crippen LogP) is 0.311. The van der Waals surface area contributed by atoms with Gasteiger partial charge in [0.05, 0.1) is 12.6 Å². The highest BCUT2D eigenvalue weighted by Crippen LogP contribution is 2.23. The zero-order valence-corrected chi connectivity index (χ0v) is 10.6. The van der Waals surface area contributed by atoms with Gasteiger partial charge in [-0.15, -0.1) is 0 Å². The molecule has 2 heterocycles. The summed E-state index contributed by atoms with van der Waals surface area (Å²) in [6.45, 7) is 4.66. The van der Waals surface area contributed by atoms with Crippen LogP contribution in [0.2, 0.25) is 0 Å². The lowest BCUT2D eigenvalue weighted by Gasteiger charge is -2.32. The van der Waals surface area contributed by atoms with Gasteiger partial charge >= 0.3 is 6.03 Å². The molecule has 2 rings (SSSR count). The van der Waals surface area contributed by atoms with Gasteiger partial charge in [-0.2, -0.15) is 0 Å². The third-order valence-electron chi connectivity index (χ3n) is 3.76. The first-order valence-electron chi connectivity index (χ1n) is 6.29. The van der Waals surface area contributed by atoms with Crippen molar-refractivity contribution in [1.29, 1.82) is 0 Å². The molecule has 2 saturated heterocycles. The molecule has 2 fully saturated rings. The number of likely N-dealkylation sites (tertiary alicyclic amines) is 1. The summed E-state index contributed by atoms with van der Waals surface area (Å²) in [5.41, 5.74) is 0. The summed E-state index contributed by atoms with van der Waals surface area (Å²) < 4.78 is 0. The number of carbonyl (C=O) groups is 2. The molecule has 17 heavy (non-hydrogen) atoms. The molecule has 0 bridgehead atoms. The fourth-order valence-corrected chi connectivity index (χ4v) is 2.72. The Labute approximate surface area is 102 Å². The summed E-state index contributed by atoms with van der Waals surface area (Å²) in [5.74, 6) is 0.608. The SMILES string of the molecule is CC(=O)CN1CC(C2CCN(C)CC2)NC1=O. The molecule has 1 atom stereocenters. The summed E-state index contributed by atoms with van der Waals surface area (Å²) in [4.78, 5) is 26.7. The highest BCUT2D eigenvalue weighted by atomic mass is 16.2. The molecule has 0 aromatic rings. The van der Waals surface area contributed by atoms with Crippen LogP contribution in [0.5, 0.6) is 0 Å². The number of ketones is 1. The number of nitrogens with one attached hydrogen (secondary N) is 1. The Morgan fingerprint density at radius 3 is 2.65 bits per heavy atom. The van der Waals surface area contributed by atoms with Gasteiger partial charge < -0.3 is 15.1 Å². The van der Waals surface area contributed by atoms with Crippen LogP contribution in [0.1, 0.15) is 19.8 Å². The van der Waals surface area contributed by atoms with Crippen LogP contribution in [0.15, 0.2) is 0 Å². The lowest BCUT2D eigenvalue weighted by molar-refractivity contribution is -0.117. The largest absolute Gasteiger partial charge is 0.333 e. The predicted molar refractivity (Wildman–Crippen MR) is 64.8 cm³/mol. The third kappa shape index (κ3) is 2.97. The number of piperidine rings is 1. The lowest BCUT2D eigenvalue weighted by Crippen LogP contribution is -2.41. The minimum atomic E-state index is -0.0795. The Morgan fingerprint density at radius 2 is 2.06 bits per heavy atom. The molecule has 2 aliphatic rings. The maximum atomic E-state index is 11.7. The van der Waals surface area contributed by atoms with E-state index >= 15 is 0 Å². The van der Waals surface area contributed by atoms with E-state index in [0.717, 1.165) is 25.9 Å². The molecule has 0 spiro atoms. The third-order valence-corrected chi connectivity index (χ3v) is 3.76. The number of rotatable bonds is 3. The van der Waals surface area contributed by atoms with E-state index in [1.807, 2.05) is 0 Å². The van der Waals surface area contributed by atoms with Crippen LogP contribution in [0.25, 0.3) is 0 Å². The number of hydrogen-bond acceptors (Lipinski definition) is 3. The Balaban J connectivity index is 1.88. The fourth-order valence-electron chi connectivity index (χ4n) is 2.72. The van der Waals surface area contributed by atoms with Crippen molar-refractivity contribution in [2.24, 2.45) is 5.92 Å². The molecular weight excluding hydrogens is 218 g/mol. The Hall–Kier alpha value is -1.10. The molecule has 5 nitrogen and oxygen atoms in total. The van der Waals surface area contributed by atoms with Gasteiger partial charge in [-0.25, -0.2) is 4.79 Å². The minimum absolute atomic E-state index is 0.0455. The minimum Gasteiger partial charge on any atom is -0.333 e. The van der Waals surface area contributed by atoms with Crippen molar-refractivity contribution in [2.45, 2.75) is 25.8 Å². The van der Waals surface area contributed by atoms with Crippen LogP contribution in [-0.2, 0) is 4.79 Å². The van der Waals surface area contributed by atoms with Crippen LogP contribution < -0.4 is 5.32 Å². The topological polar surface area (TPSA) is 52.7 Å². The van der Waals surface area contributed by atoms with Crippen LogP contribution in [0, 0.1) is 5.92 Å². The van der Waals surface area contributed by atoms with E-state index in [0.29, 0.717) is 12.5 Å². The molecular formula is C12H21N3O2. The van der Waals surface area contributed by atoms with Crippen molar-refractivity contribution in [1.82, 2.24) is 15.1 Å². The second-order valence-electron chi connectivity index (χ2n) is 5.28. The van der Waals surface area contributed by atoms with Crippen molar-refractivity contribution < 1.29 is 9.59 Å². The van der Waals surface area contributed by atoms with Crippen molar-refractivity contribution in [3.05, 3.63) is 0 Å².